The van der Waals surface area contributed by atoms with E-state index >= 15 is 0 Å². The van der Waals surface area contributed by atoms with Crippen molar-refractivity contribution < 1.29 is 19.1 Å². The number of aliphatic hydroxyl groups excluding tert-OH is 1. The minimum absolute atomic E-state index is 0.0105. The number of rotatable bonds is 4. The summed E-state index contributed by atoms with van der Waals surface area (Å²) in [6.07, 6.45) is 5.63. The van der Waals surface area contributed by atoms with E-state index in [1.165, 1.54) is 6.92 Å². The Hall–Kier alpha value is -2.64. The second-order valence-electron chi connectivity index (χ2n) is 8.71. The third-order valence-electron chi connectivity index (χ3n) is 6.22. The van der Waals surface area contributed by atoms with Gasteiger partial charge in [-0.15, -0.1) is 0 Å². The first-order valence-electron chi connectivity index (χ1n) is 10.5. The standard InChI is InChI=1S/C23H29N3O4/c1-17(27)24-20-4-2-3-19(11-20)22(29)26-8-6-23(7-9-26)12-21(28)14-25(16-23)13-18-5-10-30-15-18/h2-5,10-11,15,21,28H,6-9,12-14,16H2,1H3,(H,24,27). The lowest BCUT2D eigenvalue weighted by atomic mass is 9.71. The van der Waals surface area contributed by atoms with E-state index in [0.29, 0.717) is 30.9 Å². The molecule has 2 amide bonds. The molecule has 4 rings (SSSR count). The molecule has 2 aliphatic rings. The molecule has 1 aromatic heterocycles. The van der Waals surface area contributed by atoms with Crippen LogP contribution < -0.4 is 5.32 Å². The van der Waals surface area contributed by atoms with Crippen molar-refractivity contribution in [2.45, 2.75) is 38.8 Å². The fraction of sp³-hybridized carbons (Fsp3) is 0.478. The van der Waals surface area contributed by atoms with Gasteiger partial charge in [-0.3, -0.25) is 14.5 Å². The number of hydrogen-bond donors (Lipinski definition) is 2. The van der Waals surface area contributed by atoms with Crippen LogP contribution >= 0.6 is 0 Å². The maximum absolute atomic E-state index is 13.0. The van der Waals surface area contributed by atoms with Crippen LogP contribution in [-0.2, 0) is 11.3 Å². The molecule has 0 saturated carbocycles. The molecule has 7 heteroatoms. The number of aliphatic hydroxyl groups is 1. The second kappa shape index (κ2) is 8.62. The Morgan fingerprint density at radius 1 is 1.27 bits per heavy atom. The van der Waals surface area contributed by atoms with Crippen LogP contribution in [0.2, 0.25) is 0 Å². The average molecular weight is 412 g/mol. The normalized spacial score (nSPS) is 21.5. The summed E-state index contributed by atoms with van der Waals surface area (Å²) in [6.45, 7) is 5.17. The van der Waals surface area contributed by atoms with E-state index in [9.17, 15) is 14.7 Å². The highest BCUT2D eigenvalue weighted by Gasteiger charge is 2.42. The molecule has 2 saturated heterocycles. The van der Waals surface area contributed by atoms with Crippen molar-refractivity contribution in [2.24, 2.45) is 5.41 Å². The van der Waals surface area contributed by atoms with Gasteiger partial charge in [0.25, 0.3) is 5.91 Å². The van der Waals surface area contributed by atoms with E-state index in [1.807, 2.05) is 11.0 Å². The summed E-state index contributed by atoms with van der Waals surface area (Å²) in [5.74, 6) is -0.168. The smallest absolute Gasteiger partial charge is 0.253 e. The molecule has 2 fully saturated rings. The molecule has 2 aliphatic heterocycles. The topological polar surface area (TPSA) is 86.0 Å². The number of likely N-dealkylation sites (tertiary alicyclic amines) is 2. The zero-order valence-corrected chi connectivity index (χ0v) is 17.3. The number of furan rings is 1. The molecule has 160 valence electrons. The Morgan fingerprint density at radius 2 is 2.07 bits per heavy atom. The Balaban J connectivity index is 1.39. The monoisotopic (exact) mass is 411 g/mol. The molecule has 2 N–H and O–H groups in total. The molecule has 1 spiro atoms. The number of nitrogens with one attached hydrogen (secondary N) is 1. The molecule has 1 aromatic carbocycles. The zero-order chi connectivity index (χ0) is 21.1. The van der Waals surface area contributed by atoms with Gasteiger partial charge in [-0.05, 0) is 48.9 Å². The summed E-state index contributed by atoms with van der Waals surface area (Å²) in [4.78, 5) is 28.5. The zero-order valence-electron chi connectivity index (χ0n) is 17.3. The van der Waals surface area contributed by atoms with E-state index in [1.54, 1.807) is 36.8 Å². The minimum atomic E-state index is -0.345. The van der Waals surface area contributed by atoms with Crippen molar-refractivity contribution >= 4 is 17.5 Å². The minimum Gasteiger partial charge on any atom is -0.472 e. The van der Waals surface area contributed by atoms with Crippen molar-refractivity contribution in [1.82, 2.24) is 9.80 Å². The maximum Gasteiger partial charge on any atom is 0.253 e. The number of anilines is 1. The Kier molecular flexibility index (Phi) is 5.92. The number of amides is 2. The molecule has 2 aromatic rings. The quantitative estimate of drug-likeness (QED) is 0.808. The summed E-state index contributed by atoms with van der Waals surface area (Å²) < 4.78 is 5.18. The van der Waals surface area contributed by atoms with E-state index < -0.39 is 0 Å². The second-order valence-corrected chi connectivity index (χ2v) is 8.71. The summed E-state index contributed by atoms with van der Waals surface area (Å²) in [5.41, 5.74) is 2.37. The van der Waals surface area contributed by atoms with Crippen LogP contribution in [0.3, 0.4) is 0 Å². The summed E-state index contributed by atoms with van der Waals surface area (Å²) >= 11 is 0. The van der Waals surface area contributed by atoms with Gasteiger partial charge in [0.2, 0.25) is 5.91 Å². The summed E-state index contributed by atoms with van der Waals surface area (Å²) in [5, 5.41) is 13.2. The van der Waals surface area contributed by atoms with Gasteiger partial charge in [-0.1, -0.05) is 6.07 Å². The molecule has 0 radical (unpaired) electrons. The number of carbonyl (C=O) groups is 2. The molecule has 1 unspecified atom stereocenters. The third kappa shape index (κ3) is 4.74. The number of hydrogen-bond acceptors (Lipinski definition) is 5. The van der Waals surface area contributed by atoms with Gasteiger partial charge in [-0.2, -0.15) is 0 Å². The average Bonchev–Trinajstić information content (AvgIpc) is 3.20. The maximum atomic E-state index is 13.0. The fourth-order valence-corrected chi connectivity index (χ4v) is 4.89. The SMILES string of the molecule is CC(=O)Nc1cccc(C(=O)N2CCC3(CC2)CC(O)CN(Cc2ccoc2)C3)c1. The van der Waals surface area contributed by atoms with Gasteiger partial charge in [0, 0.05) is 56.5 Å². The van der Waals surface area contributed by atoms with Crippen molar-refractivity contribution in [2.75, 3.05) is 31.5 Å². The van der Waals surface area contributed by atoms with E-state index in [0.717, 1.165) is 37.9 Å². The predicted molar refractivity (Wildman–Crippen MR) is 113 cm³/mol. The predicted octanol–water partition coefficient (Wildman–Crippen LogP) is 2.73. The largest absolute Gasteiger partial charge is 0.472 e. The molecule has 0 bridgehead atoms. The Bertz CT molecular complexity index is 888. The molecule has 30 heavy (non-hydrogen) atoms. The van der Waals surface area contributed by atoms with Gasteiger partial charge in [0.05, 0.1) is 18.6 Å². The highest BCUT2D eigenvalue weighted by Crippen LogP contribution is 2.40. The first kappa shape index (κ1) is 20.6. The molecule has 1 atom stereocenters. The van der Waals surface area contributed by atoms with Crippen LogP contribution in [0, 0.1) is 5.41 Å². The van der Waals surface area contributed by atoms with Gasteiger partial charge < -0.3 is 19.7 Å². The number of nitrogens with zero attached hydrogens (tertiary/aromatic N) is 2. The number of benzene rings is 1. The van der Waals surface area contributed by atoms with Gasteiger partial charge in [0.1, 0.15) is 0 Å². The lowest BCUT2D eigenvalue weighted by Gasteiger charge is -2.49. The highest BCUT2D eigenvalue weighted by molar-refractivity contribution is 5.96. The molecule has 7 nitrogen and oxygen atoms in total. The van der Waals surface area contributed by atoms with Gasteiger partial charge in [-0.25, -0.2) is 0 Å². The first-order valence-corrected chi connectivity index (χ1v) is 10.5. The third-order valence-corrected chi connectivity index (χ3v) is 6.22. The Morgan fingerprint density at radius 3 is 2.77 bits per heavy atom. The van der Waals surface area contributed by atoms with Gasteiger partial charge >= 0.3 is 0 Å². The van der Waals surface area contributed by atoms with Crippen LogP contribution in [0.5, 0.6) is 0 Å². The first-order chi connectivity index (χ1) is 14.4. The lowest BCUT2D eigenvalue weighted by Crippen LogP contribution is -2.54. The van der Waals surface area contributed by atoms with E-state index in [2.05, 4.69) is 10.2 Å². The molecular weight excluding hydrogens is 382 g/mol. The van der Waals surface area contributed by atoms with Crippen molar-refractivity contribution in [3.05, 3.63) is 54.0 Å². The van der Waals surface area contributed by atoms with Crippen LogP contribution in [-0.4, -0.2) is 59.0 Å². The lowest BCUT2D eigenvalue weighted by molar-refractivity contribution is -0.114. The fourth-order valence-electron chi connectivity index (χ4n) is 4.89. The summed E-state index contributed by atoms with van der Waals surface area (Å²) in [7, 11) is 0. The Labute approximate surface area is 176 Å². The number of piperidine rings is 2. The molecule has 0 aliphatic carbocycles. The number of β-amino-alcohol motifs (C(OH)–C–C–N with tert-alkyl or cyclic N) is 1. The van der Waals surface area contributed by atoms with E-state index in [4.69, 9.17) is 4.42 Å². The molecular formula is C23H29N3O4. The van der Waals surface area contributed by atoms with E-state index in [-0.39, 0.29) is 23.3 Å². The van der Waals surface area contributed by atoms with Crippen LogP contribution in [0.15, 0.2) is 47.3 Å². The summed E-state index contributed by atoms with van der Waals surface area (Å²) in [6, 6.07) is 9.04. The van der Waals surface area contributed by atoms with Crippen LogP contribution in [0.4, 0.5) is 5.69 Å². The van der Waals surface area contributed by atoms with Crippen molar-refractivity contribution in [1.29, 1.82) is 0 Å². The van der Waals surface area contributed by atoms with Crippen LogP contribution in [0.25, 0.3) is 0 Å². The van der Waals surface area contributed by atoms with Crippen molar-refractivity contribution in [3.63, 3.8) is 0 Å². The highest BCUT2D eigenvalue weighted by atomic mass is 16.3. The van der Waals surface area contributed by atoms with Gasteiger partial charge in [0.15, 0.2) is 0 Å². The van der Waals surface area contributed by atoms with Crippen molar-refractivity contribution in [3.8, 4) is 0 Å². The van der Waals surface area contributed by atoms with Crippen LogP contribution in [0.1, 0.15) is 42.1 Å². The number of carbonyl (C=O) groups excluding carboxylic acids is 2. The molecule has 3 heterocycles.